The summed E-state index contributed by atoms with van der Waals surface area (Å²) in [5, 5.41) is 0. The Morgan fingerprint density at radius 2 is 2.00 bits per heavy atom. The van der Waals surface area contributed by atoms with E-state index in [0.29, 0.717) is 31.8 Å². The number of carbonyl (C=O) groups excluding carboxylic acids is 1. The van der Waals surface area contributed by atoms with Gasteiger partial charge in [0.2, 0.25) is 0 Å². The summed E-state index contributed by atoms with van der Waals surface area (Å²) in [4.78, 5) is 32.2. The van der Waals surface area contributed by atoms with Crippen LogP contribution in [-0.2, 0) is 15.7 Å². The second kappa shape index (κ2) is 11.0. The van der Waals surface area contributed by atoms with Gasteiger partial charge < -0.3 is 20.3 Å². The number of carbonyl (C=O) groups is 1. The first-order valence-electron chi connectivity index (χ1n) is 10.2. The molecule has 28 heavy (non-hydrogen) atoms. The van der Waals surface area contributed by atoms with E-state index in [-0.39, 0.29) is 18.4 Å². The number of ether oxygens (including phenoxy) is 1. The van der Waals surface area contributed by atoms with E-state index in [1.165, 1.54) is 43.4 Å². The maximum absolute atomic E-state index is 12.3. The lowest BCUT2D eigenvalue weighted by atomic mass is 9.90. The fraction of sp³-hybridized carbons (Fsp3) is 0.750. The molecule has 0 saturated heterocycles. The molecule has 2 rings (SSSR count). The first-order chi connectivity index (χ1) is 13.1. The van der Waals surface area contributed by atoms with Crippen molar-refractivity contribution in [3.05, 3.63) is 21.9 Å². The SMILES string of the molecule is CC(N)(CCc1ccc(C(=O)CCOCC2CCCCC2)s1)CCP(=O)(O)O. The molecule has 0 aromatic carbocycles. The standard InChI is InChI=1S/C20H34NO5PS/c1-20(21,12-14-27(23,24)25)11-9-17-7-8-19(28-17)18(22)10-13-26-15-16-5-3-2-4-6-16/h7-8,16H,2-6,9-15,21H2,1H3,(H2,23,24,25). The first kappa shape index (κ1) is 23.7. The van der Waals surface area contributed by atoms with Gasteiger partial charge in [0.05, 0.1) is 17.6 Å². The van der Waals surface area contributed by atoms with Crippen LogP contribution in [0.2, 0.25) is 0 Å². The molecule has 1 aromatic rings. The average Bonchev–Trinajstić information content (AvgIpc) is 3.12. The highest BCUT2D eigenvalue weighted by Gasteiger charge is 2.24. The Kier molecular flexibility index (Phi) is 9.32. The minimum Gasteiger partial charge on any atom is -0.381 e. The molecule has 1 saturated carbocycles. The number of aryl methyl sites for hydroxylation is 1. The van der Waals surface area contributed by atoms with Gasteiger partial charge in [0, 0.05) is 23.4 Å². The van der Waals surface area contributed by atoms with Crippen LogP contribution in [0.15, 0.2) is 12.1 Å². The van der Waals surface area contributed by atoms with E-state index in [9.17, 15) is 9.36 Å². The van der Waals surface area contributed by atoms with Gasteiger partial charge in [-0.05, 0) is 57.1 Å². The van der Waals surface area contributed by atoms with Crippen LogP contribution in [0.5, 0.6) is 0 Å². The molecule has 0 bridgehead atoms. The highest BCUT2D eigenvalue weighted by molar-refractivity contribution is 7.51. The van der Waals surface area contributed by atoms with Crippen molar-refractivity contribution >= 4 is 24.7 Å². The van der Waals surface area contributed by atoms with E-state index in [1.54, 1.807) is 0 Å². The van der Waals surface area contributed by atoms with Gasteiger partial charge in [-0.3, -0.25) is 9.36 Å². The first-order valence-corrected chi connectivity index (χ1v) is 12.8. The normalized spacial score (nSPS) is 18.1. The van der Waals surface area contributed by atoms with Crippen LogP contribution in [0.4, 0.5) is 0 Å². The predicted molar refractivity (Wildman–Crippen MR) is 113 cm³/mol. The Morgan fingerprint density at radius 1 is 1.29 bits per heavy atom. The van der Waals surface area contributed by atoms with E-state index in [4.69, 9.17) is 20.3 Å². The molecule has 160 valence electrons. The van der Waals surface area contributed by atoms with Crippen molar-refractivity contribution in [2.24, 2.45) is 11.7 Å². The molecule has 1 aromatic heterocycles. The summed E-state index contributed by atoms with van der Waals surface area (Å²) in [7, 11) is -4.02. The van der Waals surface area contributed by atoms with Crippen LogP contribution >= 0.6 is 18.9 Å². The predicted octanol–water partition coefficient (Wildman–Crippen LogP) is 4.14. The maximum atomic E-state index is 12.3. The van der Waals surface area contributed by atoms with E-state index in [1.807, 2.05) is 19.1 Å². The molecule has 6 nitrogen and oxygen atoms in total. The van der Waals surface area contributed by atoms with Crippen molar-refractivity contribution in [1.29, 1.82) is 0 Å². The zero-order valence-electron chi connectivity index (χ0n) is 16.8. The zero-order valence-corrected chi connectivity index (χ0v) is 18.5. The smallest absolute Gasteiger partial charge is 0.325 e. The molecule has 1 aliphatic rings. The summed E-state index contributed by atoms with van der Waals surface area (Å²) >= 11 is 1.48. The minimum absolute atomic E-state index is 0.108. The molecule has 0 radical (unpaired) electrons. The number of Topliss-reactive ketones (excluding diaryl/α,β-unsaturated/α-hetero) is 1. The number of nitrogens with two attached hydrogens (primary N) is 1. The van der Waals surface area contributed by atoms with E-state index < -0.39 is 13.1 Å². The lowest BCUT2D eigenvalue weighted by Crippen LogP contribution is -2.37. The van der Waals surface area contributed by atoms with Gasteiger partial charge in [0.15, 0.2) is 5.78 Å². The van der Waals surface area contributed by atoms with E-state index in [0.717, 1.165) is 16.4 Å². The van der Waals surface area contributed by atoms with Crippen molar-refractivity contribution in [1.82, 2.24) is 0 Å². The fourth-order valence-electron chi connectivity index (χ4n) is 3.49. The van der Waals surface area contributed by atoms with Gasteiger partial charge in [-0.1, -0.05) is 19.3 Å². The lowest BCUT2D eigenvalue weighted by Gasteiger charge is -2.24. The number of thiophene rings is 1. The van der Waals surface area contributed by atoms with Gasteiger partial charge in [-0.25, -0.2) is 0 Å². The van der Waals surface area contributed by atoms with E-state index >= 15 is 0 Å². The molecular weight excluding hydrogens is 397 g/mol. The molecule has 0 amide bonds. The molecule has 0 spiro atoms. The maximum Gasteiger partial charge on any atom is 0.325 e. The Labute approximate surface area is 172 Å². The van der Waals surface area contributed by atoms with Crippen LogP contribution < -0.4 is 5.73 Å². The summed E-state index contributed by atoms with van der Waals surface area (Å²) in [5.41, 5.74) is 5.52. The van der Waals surface area contributed by atoms with Gasteiger partial charge >= 0.3 is 7.60 Å². The van der Waals surface area contributed by atoms with Gasteiger partial charge in [0.1, 0.15) is 0 Å². The lowest BCUT2D eigenvalue weighted by molar-refractivity contribution is 0.0728. The van der Waals surface area contributed by atoms with Crippen LogP contribution in [0.25, 0.3) is 0 Å². The second-order valence-electron chi connectivity index (χ2n) is 8.31. The van der Waals surface area contributed by atoms with Crippen molar-refractivity contribution in [3.8, 4) is 0 Å². The third kappa shape index (κ3) is 9.29. The molecular formula is C20H34NO5PS. The van der Waals surface area contributed by atoms with Crippen molar-refractivity contribution in [2.45, 2.75) is 70.3 Å². The van der Waals surface area contributed by atoms with Crippen LogP contribution in [0, 0.1) is 5.92 Å². The fourth-order valence-corrected chi connectivity index (χ4v) is 5.27. The number of ketones is 1. The summed E-state index contributed by atoms with van der Waals surface area (Å²) in [5.74, 6) is 0.769. The van der Waals surface area contributed by atoms with Crippen molar-refractivity contribution in [2.75, 3.05) is 19.4 Å². The molecule has 8 heteroatoms. The molecule has 1 aliphatic carbocycles. The average molecular weight is 432 g/mol. The zero-order chi connectivity index (χ0) is 20.6. The monoisotopic (exact) mass is 431 g/mol. The number of hydrogen-bond donors (Lipinski definition) is 3. The van der Waals surface area contributed by atoms with Gasteiger partial charge in [-0.15, -0.1) is 11.3 Å². The molecule has 0 aliphatic heterocycles. The van der Waals surface area contributed by atoms with Crippen molar-refractivity contribution < 1.29 is 23.9 Å². The van der Waals surface area contributed by atoms with Gasteiger partial charge in [-0.2, -0.15) is 0 Å². The molecule has 1 fully saturated rings. The van der Waals surface area contributed by atoms with Crippen LogP contribution in [-0.4, -0.2) is 40.5 Å². The minimum atomic E-state index is -4.02. The molecule has 1 atom stereocenters. The quantitative estimate of drug-likeness (QED) is 0.261. The third-order valence-electron chi connectivity index (χ3n) is 5.40. The number of rotatable bonds is 12. The third-order valence-corrected chi connectivity index (χ3v) is 7.40. The highest BCUT2D eigenvalue weighted by atomic mass is 32.1. The topological polar surface area (TPSA) is 110 Å². The van der Waals surface area contributed by atoms with Crippen LogP contribution in [0.1, 0.15) is 72.8 Å². The highest BCUT2D eigenvalue weighted by Crippen LogP contribution is 2.37. The number of hydrogen-bond acceptors (Lipinski definition) is 5. The summed E-state index contributed by atoms with van der Waals surface area (Å²) in [6.07, 6.45) is 8.22. The summed E-state index contributed by atoms with van der Waals surface area (Å²) in [6.45, 7) is 3.06. The van der Waals surface area contributed by atoms with E-state index in [2.05, 4.69) is 0 Å². The second-order valence-corrected chi connectivity index (χ2v) is 11.3. The largest absolute Gasteiger partial charge is 0.381 e. The summed E-state index contributed by atoms with van der Waals surface area (Å²) in [6, 6.07) is 3.80. The van der Waals surface area contributed by atoms with Crippen molar-refractivity contribution in [3.63, 3.8) is 0 Å². The van der Waals surface area contributed by atoms with Crippen LogP contribution in [0.3, 0.4) is 0 Å². The Hall–Kier alpha value is -0.560. The Morgan fingerprint density at radius 3 is 2.68 bits per heavy atom. The Balaban J connectivity index is 1.68. The molecule has 1 heterocycles. The summed E-state index contributed by atoms with van der Waals surface area (Å²) < 4.78 is 16.7. The van der Waals surface area contributed by atoms with Gasteiger partial charge in [0.25, 0.3) is 0 Å². The Bertz CT molecular complexity index is 663. The molecule has 1 unspecified atom stereocenters. The molecule has 4 N–H and O–H groups in total.